The second-order valence-electron chi connectivity index (χ2n) is 5.44. The Balaban J connectivity index is 2.01. The average Bonchev–Trinajstić information content (AvgIpc) is 2.82. The number of rotatable bonds is 5. The molecule has 0 aromatic carbocycles. The number of carbonyl (C=O) groups excluding carboxylic acids is 1. The van der Waals surface area contributed by atoms with Gasteiger partial charge in [0.05, 0.1) is 0 Å². The van der Waals surface area contributed by atoms with Crippen molar-refractivity contribution in [3.8, 4) is 0 Å². The Labute approximate surface area is 124 Å². The third kappa shape index (κ3) is 3.62. The molecule has 0 atom stereocenters. The van der Waals surface area contributed by atoms with Crippen molar-refractivity contribution >= 4 is 28.2 Å². The Kier molecular flexibility index (Phi) is 5.23. The summed E-state index contributed by atoms with van der Waals surface area (Å²) in [6.45, 7) is 3.03. The number of nitrogen functional groups attached to an aromatic ring is 1. The third-order valence-electron chi connectivity index (χ3n) is 3.67. The first-order chi connectivity index (χ1) is 9.61. The first kappa shape index (κ1) is 15.1. The summed E-state index contributed by atoms with van der Waals surface area (Å²) in [5.74, 6) is 0.282. The Morgan fingerprint density at radius 3 is 2.80 bits per heavy atom. The molecule has 1 aliphatic rings. The predicted molar refractivity (Wildman–Crippen MR) is 84.4 cm³/mol. The summed E-state index contributed by atoms with van der Waals surface area (Å²) in [5, 5.41) is 3.91. The second kappa shape index (κ2) is 6.92. The van der Waals surface area contributed by atoms with Crippen LogP contribution in [0, 0.1) is 0 Å². The van der Waals surface area contributed by atoms with Gasteiger partial charge in [-0.1, -0.05) is 37.5 Å². The number of amides is 1. The van der Waals surface area contributed by atoms with E-state index in [0.29, 0.717) is 16.7 Å². The normalized spacial score (nSPS) is 16.1. The minimum absolute atomic E-state index is 0.0666. The summed E-state index contributed by atoms with van der Waals surface area (Å²) in [4.78, 5) is 19.2. The Hall–Kier alpha value is -1.30. The maximum Gasteiger partial charge on any atom is 0.265 e. The highest BCUT2D eigenvalue weighted by atomic mass is 32.1. The van der Waals surface area contributed by atoms with Crippen LogP contribution >= 0.6 is 11.3 Å². The Bertz CT molecular complexity index is 454. The van der Waals surface area contributed by atoms with Gasteiger partial charge in [0.1, 0.15) is 10.7 Å². The molecule has 2 rings (SSSR count). The molecule has 1 aliphatic carbocycles. The number of nitrogens with one attached hydrogen (secondary N) is 1. The molecule has 0 aliphatic heterocycles. The van der Waals surface area contributed by atoms with Crippen molar-refractivity contribution < 1.29 is 4.79 Å². The van der Waals surface area contributed by atoms with Gasteiger partial charge in [0.15, 0.2) is 5.13 Å². The second-order valence-corrected chi connectivity index (χ2v) is 6.42. The van der Waals surface area contributed by atoms with Gasteiger partial charge in [-0.25, -0.2) is 4.98 Å². The fraction of sp³-hybridized carbons (Fsp3) is 0.714. The van der Waals surface area contributed by atoms with Gasteiger partial charge in [0.25, 0.3) is 5.91 Å². The zero-order valence-corrected chi connectivity index (χ0v) is 13.1. The van der Waals surface area contributed by atoms with E-state index in [0.717, 1.165) is 30.9 Å². The standard InChI is InChI=1S/C14H24N4OS/c1-3-9-18(2)14-17-12(15)11(20-14)13(19)16-10-7-5-4-6-8-10/h10H,3-9,15H2,1-2H3,(H,16,19). The summed E-state index contributed by atoms with van der Waals surface area (Å²) >= 11 is 1.38. The lowest BCUT2D eigenvalue weighted by Gasteiger charge is -2.22. The molecule has 1 amide bonds. The van der Waals surface area contributed by atoms with Crippen molar-refractivity contribution in [2.24, 2.45) is 0 Å². The molecule has 1 fully saturated rings. The fourth-order valence-electron chi connectivity index (χ4n) is 2.58. The van der Waals surface area contributed by atoms with Gasteiger partial charge in [-0.2, -0.15) is 0 Å². The molecular formula is C14H24N4OS. The number of hydrogen-bond donors (Lipinski definition) is 2. The van der Waals surface area contributed by atoms with E-state index in [9.17, 15) is 4.79 Å². The average molecular weight is 296 g/mol. The SMILES string of the molecule is CCCN(C)c1nc(N)c(C(=O)NC2CCCCC2)s1. The number of anilines is 2. The monoisotopic (exact) mass is 296 g/mol. The van der Waals surface area contributed by atoms with Crippen LogP contribution < -0.4 is 16.0 Å². The number of aromatic nitrogens is 1. The highest BCUT2D eigenvalue weighted by molar-refractivity contribution is 7.18. The maximum absolute atomic E-state index is 12.3. The maximum atomic E-state index is 12.3. The molecule has 1 aromatic rings. The highest BCUT2D eigenvalue weighted by Crippen LogP contribution is 2.28. The lowest BCUT2D eigenvalue weighted by Crippen LogP contribution is -2.36. The molecule has 5 nitrogen and oxygen atoms in total. The quantitative estimate of drug-likeness (QED) is 0.876. The first-order valence-electron chi connectivity index (χ1n) is 7.40. The molecular weight excluding hydrogens is 272 g/mol. The van der Waals surface area contributed by atoms with E-state index in [-0.39, 0.29) is 5.91 Å². The zero-order valence-electron chi connectivity index (χ0n) is 12.3. The van der Waals surface area contributed by atoms with Crippen LogP contribution in [0.25, 0.3) is 0 Å². The smallest absolute Gasteiger partial charge is 0.265 e. The Morgan fingerprint density at radius 2 is 2.15 bits per heavy atom. The van der Waals surface area contributed by atoms with Gasteiger partial charge < -0.3 is 16.0 Å². The zero-order chi connectivity index (χ0) is 14.5. The molecule has 0 bridgehead atoms. The van der Waals surface area contributed by atoms with Crippen molar-refractivity contribution in [3.63, 3.8) is 0 Å². The van der Waals surface area contributed by atoms with E-state index in [4.69, 9.17) is 5.73 Å². The van der Waals surface area contributed by atoms with Crippen LogP contribution in [-0.4, -0.2) is 30.5 Å². The summed E-state index contributed by atoms with van der Waals surface area (Å²) in [6, 6.07) is 0.301. The van der Waals surface area contributed by atoms with E-state index in [2.05, 4.69) is 17.2 Å². The minimum Gasteiger partial charge on any atom is -0.382 e. The van der Waals surface area contributed by atoms with E-state index in [1.54, 1.807) is 0 Å². The fourth-order valence-corrected chi connectivity index (χ4v) is 3.45. The summed E-state index contributed by atoms with van der Waals surface area (Å²) in [5.41, 5.74) is 5.89. The lowest BCUT2D eigenvalue weighted by molar-refractivity contribution is 0.0932. The van der Waals surface area contributed by atoms with Gasteiger partial charge in [0.2, 0.25) is 0 Å². The van der Waals surface area contributed by atoms with Crippen LogP contribution in [0.3, 0.4) is 0 Å². The molecule has 0 spiro atoms. The van der Waals surface area contributed by atoms with Gasteiger partial charge >= 0.3 is 0 Å². The number of nitrogens with two attached hydrogens (primary N) is 1. The lowest BCUT2D eigenvalue weighted by atomic mass is 9.95. The van der Waals surface area contributed by atoms with Gasteiger partial charge in [-0.05, 0) is 19.3 Å². The van der Waals surface area contributed by atoms with Gasteiger partial charge in [0, 0.05) is 19.6 Å². The molecule has 1 aromatic heterocycles. The molecule has 0 saturated heterocycles. The van der Waals surface area contributed by atoms with E-state index in [1.807, 2.05) is 11.9 Å². The van der Waals surface area contributed by atoms with Gasteiger partial charge in [-0.3, -0.25) is 4.79 Å². The van der Waals surface area contributed by atoms with Crippen molar-refractivity contribution in [1.82, 2.24) is 10.3 Å². The molecule has 0 radical (unpaired) electrons. The number of hydrogen-bond acceptors (Lipinski definition) is 5. The van der Waals surface area contributed by atoms with Gasteiger partial charge in [-0.15, -0.1) is 0 Å². The molecule has 1 heterocycles. The number of carbonyl (C=O) groups is 1. The topological polar surface area (TPSA) is 71.2 Å². The first-order valence-corrected chi connectivity index (χ1v) is 8.21. The van der Waals surface area contributed by atoms with Crippen molar-refractivity contribution in [2.45, 2.75) is 51.5 Å². The summed E-state index contributed by atoms with van der Waals surface area (Å²) in [7, 11) is 1.98. The van der Waals surface area contributed by atoms with E-state index < -0.39 is 0 Å². The van der Waals surface area contributed by atoms with Crippen molar-refractivity contribution in [3.05, 3.63) is 4.88 Å². The van der Waals surface area contributed by atoms with Crippen molar-refractivity contribution in [2.75, 3.05) is 24.2 Å². The van der Waals surface area contributed by atoms with Crippen LogP contribution in [0.1, 0.15) is 55.1 Å². The number of nitrogens with zero attached hydrogens (tertiary/aromatic N) is 2. The molecule has 20 heavy (non-hydrogen) atoms. The minimum atomic E-state index is -0.0666. The largest absolute Gasteiger partial charge is 0.382 e. The van der Waals surface area contributed by atoms with Crippen LogP contribution in [-0.2, 0) is 0 Å². The van der Waals surface area contributed by atoms with Crippen LogP contribution in [0.5, 0.6) is 0 Å². The molecule has 0 unspecified atom stereocenters. The predicted octanol–water partition coefficient (Wildman–Crippen LogP) is 2.63. The summed E-state index contributed by atoms with van der Waals surface area (Å²) in [6.07, 6.45) is 6.88. The van der Waals surface area contributed by atoms with Crippen LogP contribution in [0.4, 0.5) is 10.9 Å². The van der Waals surface area contributed by atoms with E-state index >= 15 is 0 Å². The summed E-state index contributed by atoms with van der Waals surface area (Å²) < 4.78 is 0. The van der Waals surface area contributed by atoms with Crippen molar-refractivity contribution in [1.29, 1.82) is 0 Å². The molecule has 1 saturated carbocycles. The number of thiazole rings is 1. The van der Waals surface area contributed by atoms with E-state index in [1.165, 1.54) is 30.6 Å². The molecule has 6 heteroatoms. The van der Waals surface area contributed by atoms with Crippen LogP contribution in [0.2, 0.25) is 0 Å². The third-order valence-corrected chi connectivity index (χ3v) is 4.86. The Morgan fingerprint density at radius 1 is 1.45 bits per heavy atom. The highest BCUT2D eigenvalue weighted by Gasteiger charge is 2.21. The molecule has 3 N–H and O–H groups in total. The molecule has 112 valence electrons. The van der Waals surface area contributed by atoms with Crippen LogP contribution in [0.15, 0.2) is 0 Å².